The molecule has 0 atom stereocenters. The topological polar surface area (TPSA) is 72.8 Å². The van der Waals surface area contributed by atoms with E-state index in [0.717, 1.165) is 25.7 Å². The van der Waals surface area contributed by atoms with Gasteiger partial charge in [0.2, 0.25) is 0 Å². The van der Waals surface area contributed by atoms with E-state index >= 15 is 0 Å². The molecule has 1 heterocycles. The number of rotatable bonds is 12. The summed E-state index contributed by atoms with van der Waals surface area (Å²) in [5.74, 6) is -2.33. The van der Waals surface area contributed by atoms with Gasteiger partial charge in [-0.05, 0) is 19.3 Å². The van der Waals surface area contributed by atoms with E-state index in [4.69, 9.17) is 14.6 Å². The van der Waals surface area contributed by atoms with Crippen LogP contribution in [0.15, 0.2) is 11.6 Å². The number of hydrogen-bond donors (Lipinski definition) is 1. The highest BCUT2D eigenvalue weighted by Gasteiger charge is 2.38. The van der Waals surface area contributed by atoms with E-state index in [1.807, 2.05) is 0 Å². The van der Waals surface area contributed by atoms with Gasteiger partial charge in [0.15, 0.2) is 0 Å². The molecule has 0 aromatic heterocycles. The zero-order chi connectivity index (χ0) is 17.8. The van der Waals surface area contributed by atoms with Crippen LogP contribution in [0.5, 0.6) is 0 Å². The molecule has 1 rings (SSSR count). The molecule has 0 radical (unpaired) electrons. The Balaban J connectivity index is 2.04. The van der Waals surface area contributed by atoms with Crippen LogP contribution in [-0.2, 0) is 19.1 Å². The van der Waals surface area contributed by atoms with Gasteiger partial charge in [-0.3, -0.25) is 0 Å². The second-order valence-corrected chi connectivity index (χ2v) is 6.84. The summed E-state index contributed by atoms with van der Waals surface area (Å²) in [6, 6.07) is 0. The molecular formula is C19H32O5. The van der Waals surface area contributed by atoms with Gasteiger partial charge in [0.05, 0.1) is 0 Å². The van der Waals surface area contributed by atoms with Crippen molar-refractivity contribution < 1.29 is 24.2 Å². The Bertz CT molecular complexity index is 403. The average molecular weight is 340 g/mol. The van der Waals surface area contributed by atoms with Gasteiger partial charge in [0.1, 0.15) is 5.57 Å². The third-order valence-corrected chi connectivity index (χ3v) is 4.08. The van der Waals surface area contributed by atoms with Crippen molar-refractivity contribution in [3.63, 3.8) is 0 Å². The Kier molecular flexibility index (Phi) is 9.69. The molecule has 0 aromatic carbocycles. The third-order valence-electron chi connectivity index (χ3n) is 4.08. The highest BCUT2D eigenvalue weighted by atomic mass is 16.7. The van der Waals surface area contributed by atoms with Crippen molar-refractivity contribution in [3.8, 4) is 0 Å². The van der Waals surface area contributed by atoms with E-state index in [1.165, 1.54) is 38.5 Å². The first kappa shape index (κ1) is 20.7. The van der Waals surface area contributed by atoms with Crippen molar-refractivity contribution in [1.82, 2.24) is 0 Å². The number of carbonyl (C=O) groups excluding carboxylic acids is 2. The zero-order valence-corrected chi connectivity index (χ0v) is 15.1. The molecule has 5 nitrogen and oxygen atoms in total. The number of cyclic esters (lactones) is 2. The molecule has 1 aliphatic heterocycles. The summed E-state index contributed by atoms with van der Waals surface area (Å²) in [7, 11) is 0. The molecule has 0 unspecified atom stereocenters. The number of allylic oxidation sites excluding steroid dienone is 1. The van der Waals surface area contributed by atoms with Crippen molar-refractivity contribution in [2.45, 2.75) is 90.3 Å². The van der Waals surface area contributed by atoms with E-state index in [9.17, 15) is 9.59 Å². The summed E-state index contributed by atoms with van der Waals surface area (Å²) in [6.45, 7) is 3.40. The first-order valence-corrected chi connectivity index (χ1v) is 9.24. The first-order chi connectivity index (χ1) is 11.5. The van der Waals surface area contributed by atoms with Crippen molar-refractivity contribution in [2.24, 2.45) is 0 Å². The molecular weight excluding hydrogens is 308 g/mol. The smallest absolute Gasteiger partial charge is 0.348 e. The predicted molar refractivity (Wildman–Crippen MR) is 92.2 cm³/mol. The molecule has 24 heavy (non-hydrogen) atoms. The van der Waals surface area contributed by atoms with Gasteiger partial charge in [-0.1, -0.05) is 57.4 Å². The van der Waals surface area contributed by atoms with Crippen molar-refractivity contribution >= 4 is 11.9 Å². The second kappa shape index (κ2) is 11.2. The van der Waals surface area contributed by atoms with Gasteiger partial charge in [-0.25, -0.2) is 9.59 Å². The predicted octanol–water partition coefficient (Wildman–Crippen LogP) is 4.03. The van der Waals surface area contributed by atoms with Crippen LogP contribution in [0.3, 0.4) is 0 Å². The van der Waals surface area contributed by atoms with E-state index in [2.05, 4.69) is 0 Å². The highest BCUT2D eigenvalue weighted by molar-refractivity contribution is 6.15. The maximum absolute atomic E-state index is 11.7. The summed E-state index contributed by atoms with van der Waals surface area (Å²) in [6.07, 6.45) is 13.9. The summed E-state index contributed by atoms with van der Waals surface area (Å²) in [4.78, 5) is 23.5. The van der Waals surface area contributed by atoms with E-state index in [-0.39, 0.29) is 5.57 Å². The first-order valence-electron chi connectivity index (χ1n) is 9.24. The van der Waals surface area contributed by atoms with Gasteiger partial charge in [0.25, 0.3) is 5.79 Å². The Morgan fingerprint density at radius 3 is 1.67 bits per heavy atom. The number of aliphatic hydroxyl groups excluding tert-OH is 1. The van der Waals surface area contributed by atoms with Gasteiger partial charge in [0, 0.05) is 20.5 Å². The minimum atomic E-state index is -1.16. The Morgan fingerprint density at radius 2 is 1.21 bits per heavy atom. The van der Waals surface area contributed by atoms with Crippen LogP contribution < -0.4 is 0 Å². The number of carbonyl (C=O) groups is 2. The van der Waals surface area contributed by atoms with E-state index < -0.39 is 17.7 Å². The lowest BCUT2D eigenvalue weighted by molar-refractivity contribution is -0.222. The van der Waals surface area contributed by atoms with Gasteiger partial charge < -0.3 is 14.6 Å². The standard InChI is InChI=1S/C19H32O5/c1-19(2)23-17(21)16(18(22)24-19)14-12-10-8-6-4-3-5-7-9-11-13-15-20/h14,20H,3-13,15H2,1-2H3. The normalized spacial score (nSPS) is 16.7. The highest BCUT2D eigenvalue weighted by Crippen LogP contribution is 2.23. The molecule has 138 valence electrons. The van der Waals surface area contributed by atoms with Crippen LogP contribution >= 0.6 is 0 Å². The largest absolute Gasteiger partial charge is 0.419 e. The fraction of sp³-hybridized carbons (Fsp3) is 0.789. The van der Waals surface area contributed by atoms with Crippen LogP contribution in [0.25, 0.3) is 0 Å². The van der Waals surface area contributed by atoms with E-state index in [0.29, 0.717) is 13.0 Å². The Labute approximate surface area is 145 Å². The molecule has 0 spiro atoms. The lowest BCUT2D eigenvalue weighted by atomic mass is 10.0. The molecule has 0 saturated carbocycles. The number of ether oxygens (including phenoxy) is 2. The van der Waals surface area contributed by atoms with Crippen molar-refractivity contribution in [2.75, 3.05) is 6.61 Å². The molecule has 0 bridgehead atoms. The Hall–Kier alpha value is -1.36. The summed E-state index contributed by atoms with van der Waals surface area (Å²) >= 11 is 0. The van der Waals surface area contributed by atoms with Crippen LogP contribution in [0.2, 0.25) is 0 Å². The minimum absolute atomic E-state index is 0.0252. The SMILES string of the molecule is CC1(C)OC(=O)C(=CCCCCCCCCCCCCO)C(=O)O1. The monoisotopic (exact) mass is 340 g/mol. The third kappa shape index (κ3) is 8.48. The number of aliphatic hydroxyl groups is 1. The lowest BCUT2D eigenvalue weighted by Gasteiger charge is -2.29. The molecule has 1 saturated heterocycles. The van der Waals surface area contributed by atoms with Crippen LogP contribution in [0.1, 0.15) is 84.5 Å². The van der Waals surface area contributed by atoms with Gasteiger partial charge in [-0.2, -0.15) is 0 Å². The summed E-state index contributed by atoms with van der Waals surface area (Å²) in [5, 5.41) is 8.69. The summed E-state index contributed by atoms with van der Waals surface area (Å²) in [5.41, 5.74) is 0.0252. The lowest BCUT2D eigenvalue weighted by Crippen LogP contribution is -2.41. The quantitative estimate of drug-likeness (QED) is 0.251. The minimum Gasteiger partial charge on any atom is -0.419 e. The molecule has 1 N–H and O–H groups in total. The number of hydrogen-bond acceptors (Lipinski definition) is 5. The van der Waals surface area contributed by atoms with Crippen molar-refractivity contribution in [1.29, 1.82) is 0 Å². The Morgan fingerprint density at radius 1 is 0.792 bits per heavy atom. The molecule has 0 amide bonds. The fourth-order valence-corrected chi connectivity index (χ4v) is 2.74. The fourth-order valence-electron chi connectivity index (χ4n) is 2.74. The summed E-state index contributed by atoms with van der Waals surface area (Å²) < 4.78 is 10.1. The van der Waals surface area contributed by atoms with Gasteiger partial charge >= 0.3 is 11.9 Å². The average Bonchev–Trinajstić information content (AvgIpc) is 2.49. The number of unbranched alkanes of at least 4 members (excludes halogenated alkanes) is 10. The van der Waals surface area contributed by atoms with Crippen LogP contribution in [0.4, 0.5) is 0 Å². The molecule has 0 aliphatic carbocycles. The van der Waals surface area contributed by atoms with E-state index in [1.54, 1.807) is 19.9 Å². The van der Waals surface area contributed by atoms with Crippen LogP contribution in [0, 0.1) is 0 Å². The molecule has 1 aliphatic rings. The van der Waals surface area contributed by atoms with Crippen molar-refractivity contribution in [3.05, 3.63) is 11.6 Å². The number of esters is 2. The molecule has 0 aromatic rings. The molecule has 5 heteroatoms. The van der Waals surface area contributed by atoms with Crippen LogP contribution in [-0.4, -0.2) is 29.4 Å². The molecule has 1 fully saturated rings. The van der Waals surface area contributed by atoms with Gasteiger partial charge in [-0.15, -0.1) is 0 Å². The maximum Gasteiger partial charge on any atom is 0.348 e. The maximum atomic E-state index is 11.7. The second-order valence-electron chi connectivity index (χ2n) is 6.84. The zero-order valence-electron chi connectivity index (χ0n) is 15.1.